The second-order valence-corrected chi connectivity index (χ2v) is 6.69. The van der Waals surface area contributed by atoms with E-state index in [1.807, 2.05) is 11.8 Å². The number of ether oxygens (including phenoxy) is 1. The maximum absolute atomic E-state index is 13.1. The third-order valence-corrected chi connectivity index (χ3v) is 5.67. The van der Waals surface area contributed by atoms with Gasteiger partial charge >= 0.3 is 6.09 Å². The van der Waals surface area contributed by atoms with Crippen molar-refractivity contribution in [3.63, 3.8) is 0 Å². The van der Waals surface area contributed by atoms with Crippen molar-refractivity contribution in [3.05, 3.63) is 0 Å². The Balaban J connectivity index is 1.61. The standard InChI is InChI=1S/C16H27N3O3/c1-3-16(11-12-5-6-13(16)17-12)14(20)18-7-9-19(10-8-18)15(21)22-4-2/h12-13,17H,3-11H2,1-2H3/t12-,13+,16+/m0/s1. The van der Waals surface area contributed by atoms with Crippen molar-refractivity contribution in [2.45, 2.75) is 51.6 Å². The summed E-state index contributed by atoms with van der Waals surface area (Å²) >= 11 is 0. The van der Waals surface area contributed by atoms with E-state index in [-0.39, 0.29) is 11.5 Å². The fourth-order valence-corrected chi connectivity index (χ4v) is 4.40. The summed E-state index contributed by atoms with van der Waals surface area (Å²) in [5.41, 5.74) is -0.213. The zero-order valence-corrected chi connectivity index (χ0v) is 13.6. The zero-order valence-electron chi connectivity index (χ0n) is 13.6. The minimum Gasteiger partial charge on any atom is -0.450 e. The lowest BCUT2D eigenvalue weighted by atomic mass is 9.70. The Morgan fingerprint density at radius 2 is 1.82 bits per heavy atom. The number of hydrogen-bond donors (Lipinski definition) is 1. The molecule has 0 saturated carbocycles. The molecule has 6 heteroatoms. The van der Waals surface area contributed by atoms with Crippen LogP contribution in [0.3, 0.4) is 0 Å². The van der Waals surface area contributed by atoms with E-state index in [0.29, 0.717) is 50.8 Å². The van der Waals surface area contributed by atoms with Gasteiger partial charge in [0.2, 0.25) is 5.91 Å². The van der Waals surface area contributed by atoms with E-state index in [9.17, 15) is 9.59 Å². The van der Waals surface area contributed by atoms with Crippen LogP contribution in [-0.4, -0.2) is 66.7 Å². The fraction of sp³-hybridized carbons (Fsp3) is 0.875. The Kier molecular flexibility index (Phi) is 4.30. The van der Waals surface area contributed by atoms with E-state index in [0.717, 1.165) is 19.3 Å². The van der Waals surface area contributed by atoms with E-state index in [4.69, 9.17) is 4.74 Å². The minimum absolute atomic E-state index is 0.213. The van der Waals surface area contributed by atoms with E-state index < -0.39 is 0 Å². The van der Waals surface area contributed by atoms with Gasteiger partial charge < -0.3 is 19.9 Å². The summed E-state index contributed by atoms with van der Waals surface area (Å²) in [7, 11) is 0. The van der Waals surface area contributed by atoms with Crippen molar-refractivity contribution < 1.29 is 14.3 Å². The fourth-order valence-electron chi connectivity index (χ4n) is 4.40. The van der Waals surface area contributed by atoms with Crippen LogP contribution in [0.25, 0.3) is 0 Å². The van der Waals surface area contributed by atoms with Crippen molar-refractivity contribution in [2.24, 2.45) is 5.41 Å². The summed E-state index contributed by atoms with van der Waals surface area (Å²) in [6, 6.07) is 0.868. The van der Waals surface area contributed by atoms with Gasteiger partial charge in [-0.2, -0.15) is 0 Å². The van der Waals surface area contributed by atoms with Crippen LogP contribution in [-0.2, 0) is 9.53 Å². The summed E-state index contributed by atoms with van der Waals surface area (Å²) in [5, 5.41) is 3.60. The van der Waals surface area contributed by atoms with Crippen LogP contribution in [0.5, 0.6) is 0 Å². The van der Waals surface area contributed by atoms with Gasteiger partial charge in [-0.15, -0.1) is 0 Å². The quantitative estimate of drug-likeness (QED) is 0.851. The number of hydrogen-bond acceptors (Lipinski definition) is 4. The minimum atomic E-state index is -0.263. The normalized spacial score (nSPS) is 34.1. The topological polar surface area (TPSA) is 61.9 Å². The van der Waals surface area contributed by atoms with E-state index >= 15 is 0 Å². The molecule has 3 saturated heterocycles. The monoisotopic (exact) mass is 309 g/mol. The predicted molar refractivity (Wildman–Crippen MR) is 82.5 cm³/mol. The Morgan fingerprint density at radius 3 is 2.32 bits per heavy atom. The summed E-state index contributed by atoms with van der Waals surface area (Å²) in [6.45, 7) is 6.73. The Morgan fingerprint density at radius 1 is 1.14 bits per heavy atom. The summed E-state index contributed by atoms with van der Waals surface area (Å²) < 4.78 is 5.03. The van der Waals surface area contributed by atoms with Crippen LogP contribution in [0.1, 0.15) is 39.5 Å². The van der Waals surface area contributed by atoms with Gasteiger partial charge in [0.15, 0.2) is 0 Å². The molecule has 0 aromatic rings. The SMILES string of the molecule is CCOC(=O)N1CCN(C(=O)[C@]2(CC)C[C@@H]3CC[C@H]2N3)CC1. The number of carbonyl (C=O) groups excluding carboxylic acids is 2. The molecular formula is C16H27N3O3. The third kappa shape index (κ3) is 2.47. The molecule has 1 N–H and O–H groups in total. The molecule has 0 aromatic heterocycles. The number of rotatable bonds is 3. The van der Waals surface area contributed by atoms with Gasteiger partial charge in [0.1, 0.15) is 0 Å². The number of carbonyl (C=O) groups is 2. The van der Waals surface area contributed by atoms with E-state index in [1.54, 1.807) is 4.90 Å². The van der Waals surface area contributed by atoms with Gasteiger partial charge in [-0.3, -0.25) is 4.79 Å². The van der Waals surface area contributed by atoms with Crippen LogP contribution in [0, 0.1) is 5.41 Å². The van der Waals surface area contributed by atoms with Crippen molar-refractivity contribution in [3.8, 4) is 0 Å². The molecule has 3 aliphatic rings. The largest absolute Gasteiger partial charge is 0.450 e. The van der Waals surface area contributed by atoms with Crippen LogP contribution in [0.2, 0.25) is 0 Å². The first kappa shape index (κ1) is 15.6. The molecule has 0 aliphatic carbocycles. The highest BCUT2D eigenvalue weighted by Crippen LogP contribution is 2.47. The molecule has 6 nitrogen and oxygen atoms in total. The van der Waals surface area contributed by atoms with Crippen LogP contribution < -0.4 is 5.32 Å². The van der Waals surface area contributed by atoms with E-state index in [2.05, 4.69) is 12.2 Å². The van der Waals surface area contributed by atoms with Gasteiger partial charge in [0.25, 0.3) is 0 Å². The molecule has 2 bridgehead atoms. The van der Waals surface area contributed by atoms with Gasteiger partial charge in [-0.05, 0) is 32.6 Å². The molecule has 2 amide bonds. The van der Waals surface area contributed by atoms with Gasteiger partial charge in [-0.25, -0.2) is 4.79 Å². The number of piperazine rings is 1. The highest BCUT2D eigenvalue weighted by molar-refractivity contribution is 5.84. The van der Waals surface area contributed by atoms with Crippen molar-refractivity contribution >= 4 is 12.0 Å². The molecule has 124 valence electrons. The third-order valence-electron chi connectivity index (χ3n) is 5.67. The molecule has 3 fully saturated rings. The Labute approximate surface area is 132 Å². The second-order valence-electron chi connectivity index (χ2n) is 6.69. The molecule has 0 unspecified atom stereocenters. The first-order valence-corrected chi connectivity index (χ1v) is 8.58. The van der Waals surface area contributed by atoms with Crippen LogP contribution in [0.15, 0.2) is 0 Å². The van der Waals surface area contributed by atoms with Crippen LogP contribution in [0.4, 0.5) is 4.79 Å². The molecule has 0 radical (unpaired) electrons. The lowest BCUT2D eigenvalue weighted by Gasteiger charge is -2.42. The average Bonchev–Trinajstić information content (AvgIpc) is 3.16. The smallest absolute Gasteiger partial charge is 0.409 e. The highest BCUT2D eigenvalue weighted by Gasteiger charge is 2.55. The van der Waals surface area contributed by atoms with Gasteiger partial charge in [0.05, 0.1) is 12.0 Å². The van der Waals surface area contributed by atoms with Crippen molar-refractivity contribution in [1.82, 2.24) is 15.1 Å². The highest BCUT2D eigenvalue weighted by atomic mass is 16.6. The first-order valence-electron chi connectivity index (χ1n) is 8.58. The first-order chi connectivity index (χ1) is 10.6. The van der Waals surface area contributed by atoms with Crippen LogP contribution >= 0.6 is 0 Å². The molecule has 22 heavy (non-hydrogen) atoms. The lowest BCUT2D eigenvalue weighted by molar-refractivity contribution is -0.145. The second kappa shape index (κ2) is 6.07. The number of fused-ring (bicyclic) bond motifs is 2. The predicted octanol–water partition coefficient (Wildman–Crippen LogP) is 1.21. The number of nitrogens with one attached hydrogen (secondary N) is 1. The molecule has 3 atom stereocenters. The maximum atomic E-state index is 13.1. The maximum Gasteiger partial charge on any atom is 0.409 e. The molecule has 3 heterocycles. The summed E-state index contributed by atoms with van der Waals surface area (Å²) in [6.07, 6.45) is 3.94. The number of nitrogens with zero attached hydrogens (tertiary/aromatic N) is 2. The van der Waals surface area contributed by atoms with Crippen molar-refractivity contribution in [2.75, 3.05) is 32.8 Å². The molecule has 3 aliphatic heterocycles. The Hall–Kier alpha value is -1.30. The summed E-state index contributed by atoms with van der Waals surface area (Å²) in [5.74, 6) is 0.290. The molecule has 3 rings (SSSR count). The van der Waals surface area contributed by atoms with Gasteiger partial charge in [-0.1, -0.05) is 6.92 Å². The molecule has 0 aromatic carbocycles. The zero-order chi connectivity index (χ0) is 15.7. The van der Waals surface area contributed by atoms with Gasteiger partial charge in [0, 0.05) is 38.3 Å². The molecule has 0 spiro atoms. The Bertz CT molecular complexity index is 448. The average molecular weight is 309 g/mol. The lowest BCUT2D eigenvalue weighted by Crippen LogP contribution is -2.56. The number of amides is 2. The summed E-state index contributed by atoms with van der Waals surface area (Å²) in [4.78, 5) is 28.5. The van der Waals surface area contributed by atoms with Crippen molar-refractivity contribution in [1.29, 1.82) is 0 Å². The van der Waals surface area contributed by atoms with E-state index in [1.165, 1.54) is 6.42 Å². The molecular weight excluding hydrogens is 282 g/mol.